The zero-order chi connectivity index (χ0) is 22.5. The van der Waals surface area contributed by atoms with Gasteiger partial charge in [0.1, 0.15) is 0 Å². The highest BCUT2D eigenvalue weighted by Gasteiger charge is 2.21. The Morgan fingerprint density at radius 3 is 1.83 bits per heavy atom. The average Bonchev–Trinajstić information content (AvgIpc) is 2.69. The SMILES string of the molecule is CCCCCCCCCC(CC(=O)O)N(CCCN(C)C)SCCCCCCCC. The van der Waals surface area contributed by atoms with Crippen LogP contribution in [-0.2, 0) is 4.79 Å². The molecule has 5 heteroatoms. The maximum Gasteiger partial charge on any atom is 0.304 e. The Bertz CT molecular complexity index is 380. The Morgan fingerprint density at radius 2 is 1.30 bits per heavy atom. The number of hydrogen-bond donors (Lipinski definition) is 1. The second kappa shape index (κ2) is 22.0. The molecule has 180 valence electrons. The number of carbonyl (C=O) groups is 1. The molecule has 0 saturated carbocycles. The van der Waals surface area contributed by atoms with Gasteiger partial charge in [-0.1, -0.05) is 103 Å². The summed E-state index contributed by atoms with van der Waals surface area (Å²) in [7, 11) is 4.22. The normalized spacial score (nSPS) is 12.7. The van der Waals surface area contributed by atoms with Crippen LogP contribution >= 0.6 is 11.9 Å². The Labute approximate surface area is 192 Å². The van der Waals surface area contributed by atoms with Gasteiger partial charge in [0.15, 0.2) is 0 Å². The maximum absolute atomic E-state index is 11.5. The summed E-state index contributed by atoms with van der Waals surface area (Å²) in [5, 5.41) is 9.49. The second-order valence-corrected chi connectivity index (χ2v) is 10.2. The third-order valence-electron chi connectivity index (χ3n) is 5.70. The van der Waals surface area contributed by atoms with Crippen molar-refractivity contribution in [3.63, 3.8) is 0 Å². The summed E-state index contributed by atoms with van der Waals surface area (Å²) in [5.41, 5.74) is 0. The Morgan fingerprint density at radius 1 is 0.767 bits per heavy atom. The molecule has 0 aromatic heterocycles. The number of carboxylic acids is 1. The molecule has 0 heterocycles. The van der Waals surface area contributed by atoms with Gasteiger partial charge in [0, 0.05) is 18.3 Å². The van der Waals surface area contributed by atoms with Gasteiger partial charge in [-0.15, -0.1) is 0 Å². The van der Waals surface area contributed by atoms with E-state index in [1.165, 1.54) is 77.0 Å². The highest BCUT2D eigenvalue weighted by Crippen LogP contribution is 2.24. The quantitative estimate of drug-likeness (QED) is 0.133. The van der Waals surface area contributed by atoms with Gasteiger partial charge in [0.05, 0.1) is 6.42 Å². The van der Waals surface area contributed by atoms with Gasteiger partial charge in [-0.2, -0.15) is 0 Å². The fraction of sp³-hybridized carbons (Fsp3) is 0.960. The molecule has 0 rings (SSSR count). The van der Waals surface area contributed by atoms with Crippen molar-refractivity contribution in [3.8, 4) is 0 Å². The van der Waals surface area contributed by atoms with Crippen molar-refractivity contribution in [2.75, 3.05) is 32.9 Å². The number of nitrogens with zero attached hydrogens (tertiary/aromatic N) is 2. The lowest BCUT2D eigenvalue weighted by atomic mass is 10.0. The second-order valence-electron chi connectivity index (χ2n) is 9.06. The molecule has 4 nitrogen and oxygen atoms in total. The Balaban J connectivity index is 4.48. The van der Waals surface area contributed by atoms with E-state index in [0.717, 1.165) is 38.1 Å². The fourth-order valence-electron chi connectivity index (χ4n) is 3.85. The van der Waals surface area contributed by atoms with Gasteiger partial charge in [-0.05, 0) is 39.9 Å². The first kappa shape index (κ1) is 29.7. The third-order valence-corrected chi connectivity index (χ3v) is 6.98. The van der Waals surface area contributed by atoms with Crippen LogP contribution in [0.5, 0.6) is 0 Å². The molecule has 30 heavy (non-hydrogen) atoms. The van der Waals surface area contributed by atoms with Gasteiger partial charge in [-0.3, -0.25) is 4.79 Å². The predicted octanol–water partition coefficient (Wildman–Crippen LogP) is 7.23. The van der Waals surface area contributed by atoms with Crippen LogP contribution in [0.4, 0.5) is 0 Å². The minimum atomic E-state index is -0.652. The first-order chi connectivity index (χ1) is 14.5. The van der Waals surface area contributed by atoms with Crippen LogP contribution in [0.15, 0.2) is 0 Å². The summed E-state index contributed by atoms with van der Waals surface area (Å²) in [5.74, 6) is 0.474. The molecular formula is C25H52N2O2S. The van der Waals surface area contributed by atoms with Crippen molar-refractivity contribution < 1.29 is 9.90 Å². The fourth-order valence-corrected chi connectivity index (χ4v) is 5.06. The first-order valence-electron chi connectivity index (χ1n) is 12.8. The lowest BCUT2D eigenvalue weighted by Gasteiger charge is -2.30. The van der Waals surface area contributed by atoms with Gasteiger partial charge in [-0.25, -0.2) is 4.31 Å². The molecule has 1 unspecified atom stereocenters. The van der Waals surface area contributed by atoms with Crippen LogP contribution < -0.4 is 0 Å². The van der Waals surface area contributed by atoms with E-state index >= 15 is 0 Å². The summed E-state index contributed by atoms with van der Waals surface area (Å²) in [6, 6.07) is 0.172. The summed E-state index contributed by atoms with van der Waals surface area (Å²) >= 11 is 1.91. The molecule has 1 N–H and O–H groups in total. The average molecular weight is 445 g/mol. The van der Waals surface area contributed by atoms with E-state index in [2.05, 4.69) is 37.1 Å². The Hall–Kier alpha value is -0.260. The van der Waals surface area contributed by atoms with E-state index in [1.54, 1.807) is 0 Å². The topological polar surface area (TPSA) is 43.8 Å². The molecule has 0 bridgehead atoms. The zero-order valence-corrected chi connectivity index (χ0v) is 21.5. The lowest BCUT2D eigenvalue weighted by molar-refractivity contribution is -0.138. The van der Waals surface area contributed by atoms with Gasteiger partial charge < -0.3 is 10.0 Å². The standard InChI is InChI=1S/C25H52N2O2S/c1-5-7-9-11-13-14-16-19-24(23-25(28)29)27(21-18-20-26(3)4)30-22-17-15-12-10-8-6-2/h24H,5-23H2,1-4H3,(H,28,29). The summed E-state index contributed by atoms with van der Waals surface area (Å²) in [6.45, 7) is 6.57. The smallest absolute Gasteiger partial charge is 0.304 e. The van der Waals surface area contributed by atoms with Crippen molar-refractivity contribution in [2.45, 2.75) is 123 Å². The van der Waals surface area contributed by atoms with Crippen LogP contribution in [0, 0.1) is 0 Å². The van der Waals surface area contributed by atoms with E-state index in [0.29, 0.717) is 0 Å². The summed E-state index contributed by atoms with van der Waals surface area (Å²) < 4.78 is 2.43. The molecule has 0 radical (unpaired) electrons. The highest BCUT2D eigenvalue weighted by atomic mass is 32.2. The number of rotatable bonds is 23. The molecule has 0 aliphatic rings. The van der Waals surface area contributed by atoms with E-state index in [9.17, 15) is 9.90 Å². The predicted molar refractivity (Wildman–Crippen MR) is 134 cm³/mol. The number of unbranched alkanes of at least 4 members (excludes halogenated alkanes) is 11. The molecule has 0 aromatic rings. The van der Waals surface area contributed by atoms with Crippen LogP contribution in [0.1, 0.15) is 117 Å². The highest BCUT2D eigenvalue weighted by molar-refractivity contribution is 7.97. The first-order valence-corrected chi connectivity index (χ1v) is 13.7. The van der Waals surface area contributed by atoms with Crippen LogP contribution in [0.3, 0.4) is 0 Å². The molecule has 0 spiro atoms. The minimum absolute atomic E-state index is 0.172. The maximum atomic E-state index is 11.5. The van der Waals surface area contributed by atoms with E-state index < -0.39 is 5.97 Å². The molecular weight excluding hydrogens is 392 g/mol. The largest absolute Gasteiger partial charge is 0.481 e. The van der Waals surface area contributed by atoms with Crippen molar-refractivity contribution in [2.24, 2.45) is 0 Å². The number of hydrogen-bond acceptors (Lipinski definition) is 4. The number of aliphatic carboxylic acids is 1. The molecule has 0 fully saturated rings. The molecule has 0 aliphatic carbocycles. The molecule has 0 saturated heterocycles. The van der Waals surface area contributed by atoms with Crippen LogP contribution in [-0.4, -0.2) is 59.3 Å². The van der Waals surface area contributed by atoms with Gasteiger partial charge in [0.25, 0.3) is 0 Å². The minimum Gasteiger partial charge on any atom is -0.481 e. The van der Waals surface area contributed by atoms with E-state index in [1.807, 2.05) is 11.9 Å². The van der Waals surface area contributed by atoms with Crippen molar-refractivity contribution >= 4 is 17.9 Å². The van der Waals surface area contributed by atoms with E-state index in [4.69, 9.17) is 0 Å². The van der Waals surface area contributed by atoms with Crippen LogP contribution in [0.25, 0.3) is 0 Å². The van der Waals surface area contributed by atoms with Crippen molar-refractivity contribution in [1.29, 1.82) is 0 Å². The molecule has 1 atom stereocenters. The van der Waals surface area contributed by atoms with E-state index in [-0.39, 0.29) is 12.5 Å². The summed E-state index contributed by atoms with van der Waals surface area (Å²) in [6.07, 6.45) is 19.3. The summed E-state index contributed by atoms with van der Waals surface area (Å²) in [4.78, 5) is 13.8. The monoisotopic (exact) mass is 444 g/mol. The lowest BCUT2D eigenvalue weighted by Crippen LogP contribution is -2.34. The van der Waals surface area contributed by atoms with Crippen molar-refractivity contribution in [1.82, 2.24) is 9.21 Å². The molecule has 0 aromatic carbocycles. The third kappa shape index (κ3) is 19.7. The molecule has 0 aliphatic heterocycles. The van der Waals surface area contributed by atoms with Crippen molar-refractivity contribution in [3.05, 3.63) is 0 Å². The molecule has 0 amide bonds. The van der Waals surface area contributed by atoms with Crippen LogP contribution in [0.2, 0.25) is 0 Å². The zero-order valence-electron chi connectivity index (χ0n) is 20.7. The Kier molecular flexibility index (Phi) is 21.8. The number of carboxylic acid groups (broad SMARTS) is 1. The van der Waals surface area contributed by atoms with Gasteiger partial charge in [0.2, 0.25) is 0 Å². The van der Waals surface area contributed by atoms with Gasteiger partial charge >= 0.3 is 5.97 Å².